The van der Waals surface area contributed by atoms with Crippen LogP contribution in [0.25, 0.3) is 0 Å². The maximum atomic E-state index is 13.7. The number of rotatable bonds is 10. The molecule has 5 rings (SSSR count). The molecule has 0 spiro atoms. The second kappa shape index (κ2) is 12.9. The normalized spacial score (nSPS) is 11.1. The molecule has 0 radical (unpaired) electrons. The van der Waals surface area contributed by atoms with Crippen LogP contribution in [0.4, 0.5) is 11.4 Å². The van der Waals surface area contributed by atoms with Crippen LogP contribution in [0.1, 0.15) is 27.0 Å². The van der Waals surface area contributed by atoms with Crippen molar-refractivity contribution in [3.8, 4) is 5.75 Å². The second-order valence-electron chi connectivity index (χ2n) is 9.71. The quantitative estimate of drug-likeness (QED) is 0.178. The third-order valence-corrected chi connectivity index (χ3v) is 8.68. The van der Waals surface area contributed by atoms with Gasteiger partial charge >= 0.3 is 0 Å². The summed E-state index contributed by atoms with van der Waals surface area (Å²) in [4.78, 5) is 13.1. The van der Waals surface area contributed by atoms with Crippen LogP contribution in [-0.4, -0.2) is 14.3 Å². The van der Waals surface area contributed by atoms with Gasteiger partial charge in [0.05, 0.1) is 17.1 Å². The first-order valence-corrected chi connectivity index (χ1v) is 15.1. The number of nitrogens with zero attached hydrogens (tertiary/aromatic N) is 1. The molecule has 6 nitrogen and oxygen atoms in total. The molecule has 0 saturated carbocycles. The summed E-state index contributed by atoms with van der Waals surface area (Å²) in [5, 5.41) is 3.33. The van der Waals surface area contributed by atoms with Crippen LogP contribution in [0.2, 0.25) is 5.02 Å². The molecule has 0 fully saturated rings. The number of halogens is 1. The van der Waals surface area contributed by atoms with Gasteiger partial charge in [-0.25, -0.2) is 8.42 Å². The number of anilines is 2. The standard InChI is InChI=1S/C34H29ClN2O4S/c1-25-12-17-29(35)22-33(25)37(42(39,40)32-10-6-3-7-11-32)23-26-13-15-28(16-14-26)34(38)36-30-18-20-31(21-19-30)41-24-27-8-4-2-5-9-27/h2-22H,23-24H2,1H3,(H,36,38). The van der Waals surface area contributed by atoms with Crippen molar-refractivity contribution in [1.82, 2.24) is 0 Å². The molecule has 0 aliphatic carbocycles. The van der Waals surface area contributed by atoms with E-state index in [4.69, 9.17) is 16.3 Å². The molecule has 0 bridgehead atoms. The van der Waals surface area contributed by atoms with Gasteiger partial charge < -0.3 is 10.1 Å². The van der Waals surface area contributed by atoms with E-state index in [2.05, 4.69) is 5.32 Å². The van der Waals surface area contributed by atoms with E-state index in [0.717, 1.165) is 11.1 Å². The molecule has 0 aliphatic heterocycles. The van der Waals surface area contributed by atoms with Gasteiger partial charge in [0.25, 0.3) is 15.9 Å². The minimum Gasteiger partial charge on any atom is -0.489 e. The zero-order valence-electron chi connectivity index (χ0n) is 22.9. The van der Waals surface area contributed by atoms with Gasteiger partial charge in [0.1, 0.15) is 12.4 Å². The third kappa shape index (κ3) is 7.00. The summed E-state index contributed by atoms with van der Waals surface area (Å²) >= 11 is 6.26. The Morgan fingerprint density at radius 3 is 2.10 bits per heavy atom. The van der Waals surface area contributed by atoms with Crippen molar-refractivity contribution < 1.29 is 17.9 Å². The minimum absolute atomic E-state index is 0.0603. The highest BCUT2D eigenvalue weighted by atomic mass is 35.5. The number of sulfonamides is 1. The molecule has 8 heteroatoms. The zero-order chi connectivity index (χ0) is 29.5. The van der Waals surface area contributed by atoms with E-state index in [1.807, 2.05) is 37.3 Å². The van der Waals surface area contributed by atoms with E-state index >= 15 is 0 Å². The summed E-state index contributed by atoms with van der Waals surface area (Å²) in [5.74, 6) is 0.421. The Morgan fingerprint density at radius 1 is 0.786 bits per heavy atom. The van der Waals surface area contributed by atoms with Gasteiger partial charge in [0, 0.05) is 16.3 Å². The maximum absolute atomic E-state index is 13.7. The van der Waals surface area contributed by atoms with E-state index < -0.39 is 10.0 Å². The Balaban J connectivity index is 1.29. The molecule has 5 aromatic carbocycles. The Hall–Kier alpha value is -4.59. The molecule has 0 atom stereocenters. The van der Waals surface area contributed by atoms with Crippen LogP contribution in [0.5, 0.6) is 5.75 Å². The number of amides is 1. The average Bonchev–Trinajstić information content (AvgIpc) is 3.02. The predicted molar refractivity (Wildman–Crippen MR) is 168 cm³/mol. The number of benzene rings is 5. The number of hydrogen-bond acceptors (Lipinski definition) is 4. The van der Waals surface area contributed by atoms with Gasteiger partial charge in [0.2, 0.25) is 0 Å². The lowest BCUT2D eigenvalue weighted by molar-refractivity contribution is 0.102. The Bertz CT molecular complexity index is 1760. The minimum atomic E-state index is -3.90. The lowest BCUT2D eigenvalue weighted by atomic mass is 10.1. The van der Waals surface area contributed by atoms with Crippen LogP contribution in [-0.2, 0) is 23.2 Å². The van der Waals surface area contributed by atoms with Crippen LogP contribution >= 0.6 is 11.6 Å². The lowest BCUT2D eigenvalue weighted by Crippen LogP contribution is -2.31. The zero-order valence-corrected chi connectivity index (χ0v) is 24.5. The highest BCUT2D eigenvalue weighted by Gasteiger charge is 2.26. The summed E-state index contributed by atoms with van der Waals surface area (Å²) in [7, 11) is -3.90. The van der Waals surface area contributed by atoms with Crippen molar-refractivity contribution in [2.24, 2.45) is 0 Å². The Kier molecular flexibility index (Phi) is 8.91. The molecule has 0 aromatic heterocycles. The fourth-order valence-electron chi connectivity index (χ4n) is 4.38. The first-order chi connectivity index (χ1) is 20.3. The summed E-state index contributed by atoms with van der Waals surface area (Å²) in [5.41, 5.74) is 4.12. The van der Waals surface area contributed by atoms with Gasteiger partial charge in [-0.3, -0.25) is 9.10 Å². The molecule has 0 heterocycles. The van der Waals surface area contributed by atoms with E-state index in [1.165, 1.54) is 4.31 Å². The van der Waals surface area contributed by atoms with Crippen LogP contribution < -0.4 is 14.4 Å². The molecular formula is C34H29ClN2O4S. The van der Waals surface area contributed by atoms with Crippen molar-refractivity contribution in [2.45, 2.75) is 25.0 Å². The van der Waals surface area contributed by atoms with Gasteiger partial charge in [-0.2, -0.15) is 0 Å². The topological polar surface area (TPSA) is 75.7 Å². The number of carbonyl (C=O) groups is 1. The van der Waals surface area contributed by atoms with Crippen molar-refractivity contribution in [3.63, 3.8) is 0 Å². The summed E-state index contributed by atoms with van der Waals surface area (Å²) in [6.45, 7) is 2.36. The highest BCUT2D eigenvalue weighted by molar-refractivity contribution is 7.92. The van der Waals surface area contributed by atoms with E-state index in [1.54, 1.807) is 97.1 Å². The number of ether oxygens (including phenoxy) is 1. The second-order valence-corrected chi connectivity index (χ2v) is 12.0. The molecular weight excluding hydrogens is 568 g/mol. The first-order valence-electron chi connectivity index (χ1n) is 13.3. The van der Waals surface area contributed by atoms with Crippen molar-refractivity contribution in [3.05, 3.63) is 155 Å². The van der Waals surface area contributed by atoms with E-state index in [0.29, 0.717) is 39.9 Å². The van der Waals surface area contributed by atoms with Crippen molar-refractivity contribution >= 4 is 38.9 Å². The number of aryl methyl sites for hydroxylation is 1. The fraction of sp³-hybridized carbons (Fsp3) is 0.0882. The molecule has 0 saturated heterocycles. The van der Waals surface area contributed by atoms with Gasteiger partial charge in [-0.15, -0.1) is 0 Å². The smallest absolute Gasteiger partial charge is 0.264 e. The summed E-state index contributed by atoms with van der Waals surface area (Å²) in [6.07, 6.45) is 0. The third-order valence-electron chi connectivity index (χ3n) is 6.67. The maximum Gasteiger partial charge on any atom is 0.264 e. The van der Waals surface area contributed by atoms with Crippen LogP contribution in [0.15, 0.2) is 132 Å². The fourth-order valence-corrected chi connectivity index (χ4v) is 6.07. The number of hydrogen-bond donors (Lipinski definition) is 1. The van der Waals surface area contributed by atoms with Gasteiger partial charge in [0.15, 0.2) is 0 Å². The number of nitrogens with one attached hydrogen (secondary N) is 1. The molecule has 0 unspecified atom stereocenters. The first kappa shape index (κ1) is 28.9. The Morgan fingerprint density at radius 2 is 1.43 bits per heavy atom. The van der Waals surface area contributed by atoms with Crippen molar-refractivity contribution in [1.29, 1.82) is 0 Å². The average molecular weight is 597 g/mol. The SMILES string of the molecule is Cc1ccc(Cl)cc1N(Cc1ccc(C(=O)Nc2ccc(OCc3ccccc3)cc2)cc1)S(=O)(=O)c1ccccc1. The Labute approximate surface area is 251 Å². The van der Waals surface area contributed by atoms with Gasteiger partial charge in [-0.05, 0) is 84.3 Å². The van der Waals surface area contributed by atoms with Crippen LogP contribution in [0.3, 0.4) is 0 Å². The molecule has 1 N–H and O–H groups in total. The summed E-state index contributed by atoms with van der Waals surface area (Å²) < 4.78 is 34.6. The predicted octanol–water partition coefficient (Wildman–Crippen LogP) is 7.88. The highest BCUT2D eigenvalue weighted by Crippen LogP contribution is 2.31. The van der Waals surface area contributed by atoms with Crippen molar-refractivity contribution in [2.75, 3.05) is 9.62 Å². The van der Waals surface area contributed by atoms with Crippen LogP contribution in [0, 0.1) is 6.92 Å². The molecule has 212 valence electrons. The monoisotopic (exact) mass is 596 g/mol. The van der Waals surface area contributed by atoms with E-state index in [9.17, 15) is 13.2 Å². The molecule has 5 aromatic rings. The molecule has 42 heavy (non-hydrogen) atoms. The molecule has 0 aliphatic rings. The summed E-state index contributed by atoms with van der Waals surface area (Å²) in [6, 6.07) is 37.4. The lowest BCUT2D eigenvalue weighted by Gasteiger charge is -2.26. The van der Waals surface area contributed by atoms with Gasteiger partial charge in [-0.1, -0.05) is 78.3 Å². The van der Waals surface area contributed by atoms with E-state index in [-0.39, 0.29) is 17.3 Å². The largest absolute Gasteiger partial charge is 0.489 e. The molecule has 1 amide bonds. The number of carbonyl (C=O) groups excluding carboxylic acids is 1.